The van der Waals surface area contributed by atoms with Gasteiger partial charge in [-0.05, 0) is 50.0 Å². The maximum absolute atomic E-state index is 12.7. The third kappa shape index (κ3) is 3.32. The molecule has 3 aliphatic rings. The van der Waals surface area contributed by atoms with Crippen molar-refractivity contribution in [1.82, 2.24) is 19.8 Å². The fraction of sp³-hybridized carbons (Fsp3) is 0.389. The molecule has 0 aromatic carbocycles. The van der Waals surface area contributed by atoms with Crippen molar-refractivity contribution in [3.63, 3.8) is 0 Å². The Bertz CT molecular complexity index is 841. The molecule has 1 N–H and O–H groups in total. The van der Waals surface area contributed by atoms with E-state index in [1.165, 1.54) is 23.0 Å². The zero-order valence-corrected chi connectivity index (χ0v) is 14.4. The first-order valence-corrected chi connectivity index (χ1v) is 8.86. The molecule has 2 aromatic rings. The lowest BCUT2D eigenvalue weighted by Crippen LogP contribution is -2.57. The first-order chi connectivity index (χ1) is 12.1. The Kier molecular flexibility index (Phi) is 4.31. The van der Waals surface area contributed by atoms with Gasteiger partial charge in [-0.25, -0.2) is 4.98 Å². The number of aromatic nitrogens is 2. The molecular weight excluding hydrogens is 340 g/mol. The van der Waals surface area contributed by atoms with Crippen molar-refractivity contribution in [3.8, 4) is 5.82 Å². The summed E-state index contributed by atoms with van der Waals surface area (Å²) in [6.07, 6.45) is 5.29. The number of pyridine rings is 2. The van der Waals surface area contributed by atoms with Crippen LogP contribution in [0, 0.1) is 5.92 Å². The highest BCUT2D eigenvalue weighted by Gasteiger charge is 2.34. The highest BCUT2D eigenvalue weighted by molar-refractivity contribution is 6.30. The van der Waals surface area contributed by atoms with Gasteiger partial charge in [0.15, 0.2) is 0 Å². The molecule has 2 bridgehead atoms. The molecule has 3 aliphatic heterocycles. The average molecular weight is 359 g/mol. The van der Waals surface area contributed by atoms with Crippen LogP contribution in [0.2, 0.25) is 5.02 Å². The fourth-order valence-electron chi connectivity index (χ4n) is 3.69. The summed E-state index contributed by atoms with van der Waals surface area (Å²) in [5, 5.41) is 3.63. The van der Waals surface area contributed by atoms with Gasteiger partial charge in [0.1, 0.15) is 5.82 Å². The number of hydrogen-bond acceptors (Lipinski definition) is 4. The molecule has 0 aliphatic carbocycles. The quantitative estimate of drug-likeness (QED) is 0.907. The monoisotopic (exact) mass is 358 g/mol. The maximum Gasteiger partial charge on any atom is 0.256 e. The number of piperidine rings is 3. The molecule has 0 spiro atoms. The first-order valence-electron chi connectivity index (χ1n) is 8.48. The lowest BCUT2D eigenvalue weighted by molar-refractivity contribution is 0.0620. The molecule has 2 aromatic heterocycles. The third-order valence-electron chi connectivity index (χ3n) is 5.10. The van der Waals surface area contributed by atoms with Crippen LogP contribution in [-0.4, -0.2) is 46.0 Å². The molecule has 25 heavy (non-hydrogen) atoms. The first kappa shape index (κ1) is 16.3. The molecular formula is C18H19ClN4O2. The van der Waals surface area contributed by atoms with Crippen molar-refractivity contribution in [2.45, 2.75) is 18.9 Å². The van der Waals surface area contributed by atoms with Gasteiger partial charge in [-0.15, -0.1) is 0 Å². The Morgan fingerprint density at radius 2 is 2.00 bits per heavy atom. The van der Waals surface area contributed by atoms with Gasteiger partial charge in [0, 0.05) is 31.0 Å². The van der Waals surface area contributed by atoms with Crippen LogP contribution >= 0.6 is 11.6 Å². The minimum absolute atomic E-state index is 0.151. The third-order valence-corrected chi connectivity index (χ3v) is 5.33. The lowest BCUT2D eigenvalue weighted by atomic mass is 9.84. The minimum Gasteiger partial charge on any atom is -0.348 e. The normalized spacial score (nSPS) is 24.9. The number of nitrogens with one attached hydrogen (secondary N) is 1. The van der Waals surface area contributed by atoms with Crippen molar-refractivity contribution in [2.24, 2.45) is 5.92 Å². The second kappa shape index (κ2) is 6.61. The van der Waals surface area contributed by atoms with E-state index in [4.69, 9.17) is 11.6 Å². The lowest BCUT2D eigenvalue weighted by Gasteiger charge is -2.44. The second-order valence-electron chi connectivity index (χ2n) is 6.68. The van der Waals surface area contributed by atoms with Gasteiger partial charge in [0.05, 0.1) is 10.6 Å². The van der Waals surface area contributed by atoms with E-state index in [1.807, 2.05) is 0 Å². The number of carbonyl (C=O) groups excluding carboxylic acids is 1. The van der Waals surface area contributed by atoms with Crippen LogP contribution in [0.15, 0.2) is 41.5 Å². The zero-order chi connectivity index (χ0) is 17.4. The zero-order valence-electron chi connectivity index (χ0n) is 13.7. The SMILES string of the molecule is O=C(NC1CN2CCC1CC2)c1ccc(=O)n(-c2ccc(Cl)cn2)c1. The fourth-order valence-corrected chi connectivity index (χ4v) is 3.80. The average Bonchev–Trinajstić information content (AvgIpc) is 2.64. The Labute approximate surface area is 150 Å². The number of fused-ring (bicyclic) bond motifs is 3. The summed E-state index contributed by atoms with van der Waals surface area (Å²) in [5.41, 5.74) is 0.210. The molecule has 3 fully saturated rings. The van der Waals surface area contributed by atoms with E-state index in [0.717, 1.165) is 32.5 Å². The summed E-state index contributed by atoms with van der Waals surface area (Å²) < 4.78 is 1.36. The smallest absolute Gasteiger partial charge is 0.256 e. The highest BCUT2D eigenvalue weighted by Crippen LogP contribution is 2.27. The second-order valence-corrected chi connectivity index (χ2v) is 7.12. The van der Waals surface area contributed by atoms with Gasteiger partial charge in [-0.2, -0.15) is 0 Å². The molecule has 0 saturated carbocycles. The maximum atomic E-state index is 12.7. The van der Waals surface area contributed by atoms with E-state index in [9.17, 15) is 9.59 Å². The topological polar surface area (TPSA) is 67.2 Å². The summed E-state index contributed by atoms with van der Waals surface area (Å²) in [5.74, 6) is 0.839. The van der Waals surface area contributed by atoms with E-state index >= 15 is 0 Å². The van der Waals surface area contributed by atoms with E-state index < -0.39 is 0 Å². The molecule has 130 valence electrons. The summed E-state index contributed by atoms with van der Waals surface area (Å²) in [6.45, 7) is 3.17. The van der Waals surface area contributed by atoms with Crippen molar-refractivity contribution >= 4 is 17.5 Å². The molecule has 0 radical (unpaired) electrons. The molecule has 1 unspecified atom stereocenters. The van der Waals surface area contributed by atoms with Gasteiger partial charge in [0.2, 0.25) is 0 Å². The number of carbonyl (C=O) groups is 1. The summed E-state index contributed by atoms with van der Waals surface area (Å²) in [6, 6.07) is 6.45. The minimum atomic E-state index is -0.241. The van der Waals surface area contributed by atoms with Crippen molar-refractivity contribution in [1.29, 1.82) is 0 Å². The van der Waals surface area contributed by atoms with Crippen molar-refractivity contribution in [2.75, 3.05) is 19.6 Å². The van der Waals surface area contributed by atoms with Crippen LogP contribution in [0.5, 0.6) is 0 Å². The largest absolute Gasteiger partial charge is 0.348 e. The highest BCUT2D eigenvalue weighted by atomic mass is 35.5. The Hall–Kier alpha value is -2.18. The predicted molar refractivity (Wildman–Crippen MR) is 95.3 cm³/mol. The number of rotatable bonds is 3. The summed E-state index contributed by atoms with van der Waals surface area (Å²) >= 11 is 5.84. The Morgan fingerprint density at radius 3 is 2.64 bits per heavy atom. The van der Waals surface area contributed by atoms with Gasteiger partial charge in [-0.1, -0.05) is 11.6 Å². The molecule has 7 heteroatoms. The Morgan fingerprint density at radius 1 is 1.20 bits per heavy atom. The number of nitrogens with zero attached hydrogens (tertiary/aromatic N) is 3. The number of hydrogen-bond donors (Lipinski definition) is 1. The standard InChI is InChI=1S/C18H19ClN4O2/c19-14-2-3-16(20-9-14)23-10-13(1-4-17(23)24)18(25)21-15-11-22-7-5-12(15)6-8-22/h1-4,9-10,12,15H,5-8,11H2,(H,21,25). The predicted octanol–water partition coefficient (Wildman–Crippen LogP) is 1.71. The van der Waals surface area contributed by atoms with Crippen LogP contribution in [-0.2, 0) is 0 Å². The van der Waals surface area contributed by atoms with Crippen LogP contribution in [0.1, 0.15) is 23.2 Å². The van der Waals surface area contributed by atoms with E-state index in [0.29, 0.717) is 22.3 Å². The molecule has 5 heterocycles. The van der Waals surface area contributed by atoms with Crippen molar-refractivity contribution in [3.05, 3.63) is 57.6 Å². The van der Waals surface area contributed by atoms with Crippen LogP contribution in [0.3, 0.4) is 0 Å². The summed E-state index contributed by atoms with van der Waals surface area (Å²) in [7, 11) is 0. The number of halogens is 1. The van der Waals surface area contributed by atoms with Crippen LogP contribution in [0.25, 0.3) is 5.82 Å². The van der Waals surface area contributed by atoms with E-state index in [1.54, 1.807) is 18.2 Å². The van der Waals surface area contributed by atoms with Crippen molar-refractivity contribution < 1.29 is 4.79 Å². The Balaban J connectivity index is 1.56. The van der Waals surface area contributed by atoms with Gasteiger partial charge >= 0.3 is 0 Å². The van der Waals surface area contributed by atoms with Gasteiger partial charge in [0.25, 0.3) is 11.5 Å². The van der Waals surface area contributed by atoms with E-state index in [-0.39, 0.29) is 17.5 Å². The van der Waals surface area contributed by atoms with Gasteiger partial charge < -0.3 is 10.2 Å². The van der Waals surface area contributed by atoms with Gasteiger partial charge in [-0.3, -0.25) is 14.2 Å². The molecule has 1 atom stereocenters. The van der Waals surface area contributed by atoms with Crippen LogP contribution < -0.4 is 10.9 Å². The molecule has 1 amide bonds. The molecule has 6 nitrogen and oxygen atoms in total. The van der Waals surface area contributed by atoms with Crippen LogP contribution in [0.4, 0.5) is 0 Å². The number of amides is 1. The molecule has 3 saturated heterocycles. The molecule has 5 rings (SSSR count). The van der Waals surface area contributed by atoms with E-state index in [2.05, 4.69) is 15.2 Å². The summed E-state index contributed by atoms with van der Waals surface area (Å²) in [4.78, 5) is 31.3.